The molecule has 0 saturated carbocycles. The van der Waals surface area contributed by atoms with E-state index in [-0.39, 0.29) is 5.91 Å². The lowest BCUT2D eigenvalue weighted by molar-refractivity contribution is -0.116. The molecule has 1 aromatic carbocycles. The number of piperazine rings is 1. The van der Waals surface area contributed by atoms with Gasteiger partial charge in [-0.3, -0.25) is 14.6 Å². The summed E-state index contributed by atoms with van der Waals surface area (Å²) in [6.07, 6.45) is 6.82. The molecule has 1 atom stereocenters. The zero-order chi connectivity index (χ0) is 16.8. The molecule has 2 aliphatic heterocycles. The fourth-order valence-electron chi connectivity index (χ4n) is 3.88. The topological polar surface area (TPSA) is 35.6 Å². The molecule has 4 nitrogen and oxygen atoms in total. The molecule has 0 bridgehead atoms. The normalized spacial score (nSPS) is 21.6. The predicted molar refractivity (Wildman–Crippen MR) is 99.3 cm³/mol. The number of carbonyl (C=O) groups is 1. The van der Waals surface area contributed by atoms with E-state index in [1.54, 1.807) is 0 Å². The Morgan fingerprint density at radius 1 is 1.21 bits per heavy atom. The monoisotopic (exact) mass is 329 g/mol. The SMILES string of the molecule is CCCCc1ccc(NC(=O)CCN2CCN3CCC[C@H]3C2)cc1. The highest BCUT2D eigenvalue weighted by Crippen LogP contribution is 2.21. The maximum absolute atomic E-state index is 12.2. The van der Waals surface area contributed by atoms with E-state index in [0.29, 0.717) is 6.42 Å². The van der Waals surface area contributed by atoms with Crippen molar-refractivity contribution in [2.45, 2.75) is 51.5 Å². The number of fused-ring (bicyclic) bond motifs is 1. The fourth-order valence-corrected chi connectivity index (χ4v) is 3.88. The van der Waals surface area contributed by atoms with Crippen LogP contribution in [-0.4, -0.2) is 54.5 Å². The zero-order valence-corrected chi connectivity index (χ0v) is 15.0. The summed E-state index contributed by atoms with van der Waals surface area (Å²) in [6.45, 7) is 7.78. The Bertz CT molecular complexity index is 528. The van der Waals surface area contributed by atoms with E-state index in [1.165, 1.54) is 44.3 Å². The van der Waals surface area contributed by atoms with Crippen LogP contribution < -0.4 is 5.32 Å². The van der Waals surface area contributed by atoms with Crippen LogP contribution in [0, 0.1) is 0 Å². The molecular formula is C20H31N3O. The van der Waals surface area contributed by atoms with Crippen LogP contribution in [0.2, 0.25) is 0 Å². The average Bonchev–Trinajstić information content (AvgIpc) is 3.07. The third-order valence-corrected chi connectivity index (χ3v) is 5.38. The minimum absolute atomic E-state index is 0.130. The molecule has 0 aliphatic carbocycles. The molecule has 0 spiro atoms. The van der Waals surface area contributed by atoms with Crippen LogP contribution in [0.15, 0.2) is 24.3 Å². The van der Waals surface area contributed by atoms with Gasteiger partial charge in [-0.15, -0.1) is 0 Å². The summed E-state index contributed by atoms with van der Waals surface area (Å²) in [5.41, 5.74) is 2.27. The molecule has 2 saturated heterocycles. The summed E-state index contributed by atoms with van der Waals surface area (Å²) >= 11 is 0. The molecule has 0 aromatic heterocycles. The van der Waals surface area contributed by atoms with E-state index >= 15 is 0 Å². The smallest absolute Gasteiger partial charge is 0.225 e. The molecule has 2 heterocycles. The first kappa shape index (κ1) is 17.4. The van der Waals surface area contributed by atoms with Crippen molar-refractivity contribution < 1.29 is 4.79 Å². The van der Waals surface area contributed by atoms with Crippen molar-refractivity contribution in [1.29, 1.82) is 0 Å². The van der Waals surface area contributed by atoms with E-state index < -0.39 is 0 Å². The van der Waals surface area contributed by atoms with Gasteiger partial charge in [-0.05, 0) is 49.9 Å². The van der Waals surface area contributed by atoms with Crippen molar-refractivity contribution in [1.82, 2.24) is 9.80 Å². The summed E-state index contributed by atoms with van der Waals surface area (Å²) in [5, 5.41) is 3.04. The Hall–Kier alpha value is -1.39. The first-order valence-electron chi connectivity index (χ1n) is 9.60. The van der Waals surface area contributed by atoms with Crippen molar-refractivity contribution >= 4 is 11.6 Å². The third-order valence-electron chi connectivity index (χ3n) is 5.38. The maximum atomic E-state index is 12.2. The molecule has 4 heteroatoms. The molecule has 1 amide bonds. The minimum Gasteiger partial charge on any atom is -0.326 e. The second-order valence-electron chi connectivity index (χ2n) is 7.23. The largest absolute Gasteiger partial charge is 0.326 e. The Kier molecular flexibility index (Phi) is 6.27. The Morgan fingerprint density at radius 3 is 2.83 bits per heavy atom. The van der Waals surface area contributed by atoms with Crippen LogP contribution in [0.4, 0.5) is 5.69 Å². The van der Waals surface area contributed by atoms with Gasteiger partial charge in [-0.2, -0.15) is 0 Å². The number of unbranched alkanes of at least 4 members (excludes halogenated alkanes) is 1. The summed E-state index contributed by atoms with van der Waals surface area (Å²) in [4.78, 5) is 17.3. The fraction of sp³-hybridized carbons (Fsp3) is 0.650. The highest BCUT2D eigenvalue weighted by molar-refractivity contribution is 5.90. The Balaban J connectivity index is 1.39. The first-order valence-corrected chi connectivity index (χ1v) is 9.60. The lowest BCUT2D eigenvalue weighted by Gasteiger charge is -2.37. The predicted octanol–water partition coefficient (Wildman–Crippen LogP) is 3.14. The molecule has 1 aromatic rings. The average molecular weight is 329 g/mol. The van der Waals surface area contributed by atoms with Gasteiger partial charge >= 0.3 is 0 Å². The number of anilines is 1. The van der Waals surface area contributed by atoms with Crippen LogP contribution in [0.5, 0.6) is 0 Å². The summed E-state index contributed by atoms with van der Waals surface area (Å²) in [6, 6.07) is 9.05. The summed E-state index contributed by atoms with van der Waals surface area (Å²) in [7, 11) is 0. The summed E-state index contributed by atoms with van der Waals surface area (Å²) < 4.78 is 0. The number of nitrogens with one attached hydrogen (secondary N) is 1. The molecule has 2 aliphatic rings. The van der Waals surface area contributed by atoms with Gasteiger partial charge in [0.25, 0.3) is 0 Å². The van der Waals surface area contributed by atoms with E-state index in [0.717, 1.165) is 37.8 Å². The quantitative estimate of drug-likeness (QED) is 0.835. The van der Waals surface area contributed by atoms with Gasteiger partial charge in [0.1, 0.15) is 0 Å². The second kappa shape index (κ2) is 8.63. The van der Waals surface area contributed by atoms with Gasteiger partial charge in [0.2, 0.25) is 5.91 Å². The standard InChI is InChI=1S/C20H31N3O/c1-2-3-5-17-7-9-18(10-8-17)21-20(24)11-13-22-14-15-23-12-4-6-19(23)16-22/h7-10,19H,2-6,11-16H2,1H3,(H,21,24)/t19-/m0/s1. The number of nitrogens with zero attached hydrogens (tertiary/aromatic N) is 2. The number of rotatable bonds is 7. The van der Waals surface area contributed by atoms with Gasteiger partial charge in [0.15, 0.2) is 0 Å². The lowest BCUT2D eigenvalue weighted by Crippen LogP contribution is -2.50. The van der Waals surface area contributed by atoms with Gasteiger partial charge in [0, 0.05) is 44.3 Å². The molecule has 132 valence electrons. The van der Waals surface area contributed by atoms with Gasteiger partial charge in [-0.1, -0.05) is 25.5 Å². The van der Waals surface area contributed by atoms with E-state index in [4.69, 9.17) is 0 Å². The summed E-state index contributed by atoms with van der Waals surface area (Å²) in [5.74, 6) is 0.130. The van der Waals surface area contributed by atoms with Crippen LogP contribution in [-0.2, 0) is 11.2 Å². The number of hydrogen-bond acceptors (Lipinski definition) is 3. The van der Waals surface area contributed by atoms with E-state index in [2.05, 4.69) is 34.2 Å². The second-order valence-corrected chi connectivity index (χ2v) is 7.23. The number of amides is 1. The number of aryl methyl sites for hydroxylation is 1. The molecule has 3 rings (SSSR count). The highest BCUT2D eigenvalue weighted by Gasteiger charge is 2.30. The van der Waals surface area contributed by atoms with Gasteiger partial charge in [-0.25, -0.2) is 0 Å². The minimum atomic E-state index is 0.130. The van der Waals surface area contributed by atoms with Crippen LogP contribution >= 0.6 is 0 Å². The van der Waals surface area contributed by atoms with Crippen molar-refractivity contribution in [2.75, 3.05) is 38.0 Å². The number of hydrogen-bond donors (Lipinski definition) is 1. The zero-order valence-electron chi connectivity index (χ0n) is 15.0. The molecule has 0 radical (unpaired) electrons. The molecule has 1 N–H and O–H groups in total. The van der Waals surface area contributed by atoms with Crippen LogP contribution in [0.3, 0.4) is 0 Å². The van der Waals surface area contributed by atoms with Crippen LogP contribution in [0.25, 0.3) is 0 Å². The Morgan fingerprint density at radius 2 is 2.04 bits per heavy atom. The number of carbonyl (C=O) groups excluding carboxylic acids is 1. The van der Waals surface area contributed by atoms with Crippen molar-refractivity contribution in [3.05, 3.63) is 29.8 Å². The van der Waals surface area contributed by atoms with Gasteiger partial charge < -0.3 is 5.32 Å². The van der Waals surface area contributed by atoms with Crippen molar-refractivity contribution in [3.63, 3.8) is 0 Å². The molecule has 24 heavy (non-hydrogen) atoms. The molecule has 2 fully saturated rings. The van der Waals surface area contributed by atoms with E-state index in [1.807, 2.05) is 12.1 Å². The van der Waals surface area contributed by atoms with Crippen LogP contribution in [0.1, 0.15) is 44.6 Å². The van der Waals surface area contributed by atoms with Crippen molar-refractivity contribution in [3.8, 4) is 0 Å². The van der Waals surface area contributed by atoms with Gasteiger partial charge in [0.05, 0.1) is 0 Å². The lowest BCUT2D eigenvalue weighted by atomic mass is 10.1. The third kappa shape index (κ3) is 4.81. The van der Waals surface area contributed by atoms with Crippen molar-refractivity contribution in [2.24, 2.45) is 0 Å². The molecule has 0 unspecified atom stereocenters. The Labute approximate surface area is 146 Å². The highest BCUT2D eigenvalue weighted by atomic mass is 16.1. The molecular weight excluding hydrogens is 298 g/mol. The maximum Gasteiger partial charge on any atom is 0.225 e. The number of benzene rings is 1. The first-order chi connectivity index (χ1) is 11.7. The van der Waals surface area contributed by atoms with E-state index in [9.17, 15) is 4.79 Å².